The Bertz CT molecular complexity index is 673. The van der Waals surface area contributed by atoms with Crippen LogP contribution in [0.3, 0.4) is 0 Å². The molecule has 0 saturated heterocycles. The minimum absolute atomic E-state index is 0.172. The second-order valence-electron chi connectivity index (χ2n) is 5.49. The average Bonchev–Trinajstić information content (AvgIpc) is 2.99. The molecule has 0 unspecified atom stereocenters. The number of aromatic carboxylic acids is 1. The summed E-state index contributed by atoms with van der Waals surface area (Å²) >= 11 is 1.64. The number of carboxylic acids is 1. The van der Waals surface area contributed by atoms with E-state index in [0.717, 1.165) is 23.7 Å². The topological polar surface area (TPSA) is 75.1 Å². The van der Waals surface area contributed by atoms with Gasteiger partial charge in [0, 0.05) is 10.6 Å². The molecule has 1 aliphatic rings. The van der Waals surface area contributed by atoms with Crippen molar-refractivity contribution in [3.05, 3.63) is 34.0 Å². The molecule has 0 aromatic carbocycles. The maximum absolute atomic E-state index is 11.2. The summed E-state index contributed by atoms with van der Waals surface area (Å²) in [6.07, 6.45) is 3.31. The summed E-state index contributed by atoms with van der Waals surface area (Å²) in [4.78, 5) is 21.6. The van der Waals surface area contributed by atoms with Crippen LogP contribution in [0, 0.1) is 0 Å². The van der Waals surface area contributed by atoms with E-state index >= 15 is 0 Å². The number of pyridine rings is 1. The van der Waals surface area contributed by atoms with Crippen molar-refractivity contribution in [2.75, 3.05) is 5.32 Å². The van der Waals surface area contributed by atoms with E-state index in [1.54, 1.807) is 23.5 Å². The van der Waals surface area contributed by atoms with E-state index in [-0.39, 0.29) is 11.5 Å². The van der Waals surface area contributed by atoms with Crippen molar-refractivity contribution in [3.63, 3.8) is 0 Å². The molecule has 21 heavy (non-hydrogen) atoms. The Morgan fingerprint density at radius 3 is 2.81 bits per heavy atom. The van der Waals surface area contributed by atoms with Gasteiger partial charge in [0.1, 0.15) is 5.82 Å². The number of hydrogen-bond donors (Lipinski definition) is 2. The molecule has 2 aromatic heterocycles. The van der Waals surface area contributed by atoms with Gasteiger partial charge in [-0.3, -0.25) is 0 Å². The van der Waals surface area contributed by atoms with Crippen molar-refractivity contribution in [2.24, 2.45) is 0 Å². The van der Waals surface area contributed by atoms with E-state index in [9.17, 15) is 9.90 Å². The molecule has 2 heterocycles. The number of aryl methyl sites for hydroxylation is 2. The summed E-state index contributed by atoms with van der Waals surface area (Å²) in [5.41, 5.74) is 2.18. The van der Waals surface area contributed by atoms with E-state index in [1.165, 1.54) is 17.0 Å². The number of carbonyl (C=O) groups is 1. The lowest BCUT2D eigenvalue weighted by atomic mass is 10.1. The van der Waals surface area contributed by atoms with Gasteiger partial charge in [0.25, 0.3) is 0 Å². The van der Waals surface area contributed by atoms with Gasteiger partial charge in [-0.1, -0.05) is 13.8 Å². The normalized spacial score (nSPS) is 13.5. The first-order valence-electron chi connectivity index (χ1n) is 7.04. The Morgan fingerprint density at radius 1 is 1.33 bits per heavy atom. The lowest BCUT2D eigenvalue weighted by Gasteiger charge is -2.09. The Balaban J connectivity index is 1.91. The Morgan fingerprint density at radius 2 is 2.14 bits per heavy atom. The number of carboxylic acid groups (broad SMARTS) is 1. The highest BCUT2D eigenvalue weighted by atomic mass is 32.1. The van der Waals surface area contributed by atoms with Crippen LogP contribution in [0.4, 0.5) is 10.9 Å². The fraction of sp³-hybridized carbons (Fsp3) is 0.400. The maximum Gasteiger partial charge on any atom is 0.335 e. The number of aromatic nitrogens is 2. The van der Waals surface area contributed by atoms with Crippen LogP contribution in [-0.2, 0) is 12.8 Å². The molecule has 110 valence electrons. The van der Waals surface area contributed by atoms with Crippen LogP contribution in [0.15, 0.2) is 12.1 Å². The van der Waals surface area contributed by atoms with E-state index in [4.69, 9.17) is 0 Å². The van der Waals surface area contributed by atoms with Crippen molar-refractivity contribution in [1.82, 2.24) is 9.97 Å². The zero-order chi connectivity index (χ0) is 15.0. The van der Waals surface area contributed by atoms with Gasteiger partial charge >= 0.3 is 5.97 Å². The minimum atomic E-state index is -0.941. The molecule has 3 rings (SSSR count). The van der Waals surface area contributed by atoms with Crippen molar-refractivity contribution in [2.45, 2.75) is 39.0 Å². The van der Waals surface area contributed by atoms with E-state index in [0.29, 0.717) is 5.82 Å². The molecule has 0 fully saturated rings. The van der Waals surface area contributed by atoms with Gasteiger partial charge in [-0.2, -0.15) is 0 Å². The fourth-order valence-corrected chi connectivity index (χ4v) is 3.45. The lowest BCUT2D eigenvalue weighted by molar-refractivity contribution is 0.0696. The lowest BCUT2D eigenvalue weighted by Crippen LogP contribution is -2.04. The largest absolute Gasteiger partial charge is 0.478 e. The van der Waals surface area contributed by atoms with Gasteiger partial charge in [-0.05, 0) is 37.3 Å². The maximum atomic E-state index is 11.2. The van der Waals surface area contributed by atoms with Gasteiger partial charge in [0.2, 0.25) is 0 Å². The Kier molecular flexibility index (Phi) is 3.63. The predicted molar refractivity (Wildman–Crippen MR) is 82.7 cm³/mol. The third-order valence-electron chi connectivity index (χ3n) is 3.51. The van der Waals surface area contributed by atoms with Gasteiger partial charge in [-0.15, -0.1) is 11.3 Å². The number of fused-ring (bicyclic) bond motifs is 1. The van der Waals surface area contributed by atoms with Crippen molar-refractivity contribution >= 4 is 28.3 Å². The van der Waals surface area contributed by atoms with Gasteiger partial charge in [-0.25, -0.2) is 14.8 Å². The summed E-state index contributed by atoms with van der Waals surface area (Å²) < 4.78 is 0. The molecule has 0 bridgehead atoms. The number of anilines is 2. The molecule has 0 spiro atoms. The zero-order valence-corrected chi connectivity index (χ0v) is 12.8. The van der Waals surface area contributed by atoms with Crippen molar-refractivity contribution < 1.29 is 9.90 Å². The van der Waals surface area contributed by atoms with Crippen LogP contribution in [0.5, 0.6) is 0 Å². The molecule has 0 radical (unpaired) electrons. The van der Waals surface area contributed by atoms with Crippen LogP contribution >= 0.6 is 11.3 Å². The standard InChI is InChI=1S/C15H17N3O2S/c1-8(2)11-6-9(14(19)20)7-13(16-11)18-15-17-10-4-3-5-12(10)21-15/h6-8H,3-5H2,1-2H3,(H,19,20)(H,16,17,18). The second-order valence-corrected chi connectivity index (χ2v) is 6.58. The highest BCUT2D eigenvalue weighted by molar-refractivity contribution is 7.15. The molecule has 1 aliphatic carbocycles. The Labute approximate surface area is 127 Å². The first-order valence-corrected chi connectivity index (χ1v) is 7.85. The van der Waals surface area contributed by atoms with E-state index in [1.807, 2.05) is 13.8 Å². The molecule has 5 nitrogen and oxygen atoms in total. The van der Waals surface area contributed by atoms with Gasteiger partial charge in [0.15, 0.2) is 5.13 Å². The first kappa shape index (κ1) is 14.0. The predicted octanol–water partition coefficient (Wildman–Crippen LogP) is 3.59. The molecule has 0 saturated carbocycles. The molecule has 0 aliphatic heterocycles. The molecule has 0 atom stereocenters. The highest BCUT2D eigenvalue weighted by Gasteiger charge is 2.17. The Hall–Kier alpha value is -1.95. The van der Waals surface area contributed by atoms with Crippen molar-refractivity contribution in [3.8, 4) is 0 Å². The molecular weight excluding hydrogens is 286 g/mol. The summed E-state index contributed by atoms with van der Waals surface area (Å²) in [7, 11) is 0. The fourth-order valence-electron chi connectivity index (χ4n) is 2.39. The summed E-state index contributed by atoms with van der Waals surface area (Å²) in [5, 5.41) is 13.2. The second kappa shape index (κ2) is 5.44. The molecule has 0 amide bonds. The number of nitrogens with one attached hydrogen (secondary N) is 1. The third kappa shape index (κ3) is 2.90. The SMILES string of the molecule is CC(C)c1cc(C(=O)O)cc(Nc2nc3c(s2)CCC3)n1. The molecular formula is C15H17N3O2S. The number of rotatable bonds is 4. The molecule has 2 N–H and O–H groups in total. The number of thiazole rings is 1. The summed E-state index contributed by atoms with van der Waals surface area (Å²) in [6, 6.07) is 3.18. The van der Waals surface area contributed by atoms with E-state index < -0.39 is 5.97 Å². The van der Waals surface area contributed by atoms with Crippen LogP contribution in [0.25, 0.3) is 0 Å². The highest BCUT2D eigenvalue weighted by Crippen LogP contribution is 2.32. The van der Waals surface area contributed by atoms with Gasteiger partial charge in [0.05, 0.1) is 11.3 Å². The quantitative estimate of drug-likeness (QED) is 0.902. The van der Waals surface area contributed by atoms with Gasteiger partial charge < -0.3 is 10.4 Å². The van der Waals surface area contributed by atoms with Crippen LogP contribution < -0.4 is 5.32 Å². The monoisotopic (exact) mass is 303 g/mol. The zero-order valence-electron chi connectivity index (χ0n) is 12.0. The molecule has 6 heteroatoms. The minimum Gasteiger partial charge on any atom is -0.478 e. The first-order chi connectivity index (χ1) is 10.0. The van der Waals surface area contributed by atoms with Crippen LogP contribution in [-0.4, -0.2) is 21.0 Å². The third-order valence-corrected chi connectivity index (χ3v) is 4.59. The number of nitrogens with zero attached hydrogens (tertiary/aromatic N) is 2. The summed E-state index contributed by atoms with van der Waals surface area (Å²) in [5.74, 6) is -0.221. The summed E-state index contributed by atoms with van der Waals surface area (Å²) in [6.45, 7) is 3.99. The molecule has 2 aromatic rings. The number of hydrogen-bond acceptors (Lipinski definition) is 5. The average molecular weight is 303 g/mol. The van der Waals surface area contributed by atoms with Crippen molar-refractivity contribution in [1.29, 1.82) is 0 Å². The smallest absolute Gasteiger partial charge is 0.335 e. The van der Waals surface area contributed by atoms with E-state index in [2.05, 4.69) is 15.3 Å². The van der Waals surface area contributed by atoms with Crippen LogP contribution in [0.1, 0.15) is 52.8 Å². The van der Waals surface area contributed by atoms with Crippen LogP contribution in [0.2, 0.25) is 0 Å².